The molecule has 1 aromatic heterocycles. The number of hydrogen-bond acceptors (Lipinski definition) is 2. The smallest absolute Gasteiger partial charge is 0.140 e. The lowest BCUT2D eigenvalue weighted by Gasteiger charge is -2.00. The van der Waals surface area contributed by atoms with Gasteiger partial charge in [-0.05, 0) is 40.8 Å². The molecule has 78 valence electrons. The van der Waals surface area contributed by atoms with E-state index in [2.05, 4.69) is 32.6 Å². The predicted molar refractivity (Wildman–Crippen MR) is 62.6 cm³/mol. The van der Waals surface area contributed by atoms with Gasteiger partial charge in [0.15, 0.2) is 0 Å². The Morgan fingerprint density at radius 3 is 2.93 bits per heavy atom. The van der Waals surface area contributed by atoms with Crippen molar-refractivity contribution in [3.63, 3.8) is 0 Å². The molecule has 0 amide bonds. The summed E-state index contributed by atoms with van der Waals surface area (Å²) in [7, 11) is 0. The summed E-state index contributed by atoms with van der Waals surface area (Å²) in [5.74, 6) is 0.115. The van der Waals surface area contributed by atoms with Crippen LogP contribution in [0.1, 0.15) is 5.69 Å². The number of imidazole rings is 1. The summed E-state index contributed by atoms with van der Waals surface area (Å²) < 4.78 is 14.4. The van der Waals surface area contributed by atoms with Crippen molar-refractivity contribution in [3.05, 3.63) is 39.5 Å². The lowest BCUT2D eigenvalue weighted by atomic mass is 10.2. The first-order valence-corrected chi connectivity index (χ1v) is 5.39. The summed E-state index contributed by atoms with van der Waals surface area (Å²) in [5.41, 5.74) is 0.991. The molecule has 0 aliphatic carbocycles. The van der Waals surface area contributed by atoms with E-state index in [9.17, 15) is 4.39 Å². The zero-order chi connectivity index (χ0) is 10.8. The van der Waals surface area contributed by atoms with Crippen molar-refractivity contribution in [2.45, 2.75) is 6.61 Å². The van der Waals surface area contributed by atoms with E-state index in [0.29, 0.717) is 17.1 Å². The fourth-order valence-electron chi connectivity index (χ4n) is 1.26. The van der Waals surface area contributed by atoms with E-state index in [-0.39, 0.29) is 12.4 Å². The van der Waals surface area contributed by atoms with E-state index < -0.39 is 0 Å². The molecule has 0 aliphatic rings. The van der Waals surface area contributed by atoms with Gasteiger partial charge < -0.3 is 10.1 Å². The Morgan fingerprint density at radius 1 is 1.47 bits per heavy atom. The van der Waals surface area contributed by atoms with Crippen LogP contribution in [0.15, 0.2) is 24.4 Å². The van der Waals surface area contributed by atoms with E-state index in [1.54, 1.807) is 12.1 Å². The molecule has 0 spiro atoms. The zero-order valence-electron chi connectivity index (χ0n) is 7.67. The van der Waals surface area contributed by atoms with Gasteiger partial charge in [0, 0.05) is 3.57 Å². The highest BCUT2D eigenvalue weighted by Gasteiger charge is 2.08. The maximum absolute atomic E-state index is 13.4. The normalized spacial score (nSPS) is 10.6. The minimum Gasteiger partial charge on any atom is -0.390 e. The van der Waals surface area contributed by atoms with Crippen LogP contribution in [0.25, 0.3) is 11.4 Å². The van der Waals surface area contributed by atoms with Gasteiger partial charge in [-0.3, -0.25) is 0 Å². The van der Waals surface area contributed by atoms with Crippen molar-refractivity contribution in [1.29, 1.82) is 0 Å². The zero-order valence-corrected chi connectivity index (χ0v) is 9.82. The summed E-state index contributed by atoms with van der Waals surface area (Å²) in [6, 6.07) is 4.80. The van der Waals surface area contributed by atoms with Crippen LogP contribution in [0.5, 0.6) is 0 Å². The summed E-state index contributed by atoms with van der Waals surface area (Å²) in [5, 5.41) is 8.86. The molecule has 0 fully saturated rings. The minimum absolute atomic E-state index is 0.126. The average molecular weight is 318 g/mol. The maximum Gasteiger partial charge on any atom is 0.140 e. The molecule has 0 saturated carbocycles. The van der Waals surface area contributed by atoms with Crippen molar-refractivity contribution < 1.29 is 9.50 Å². The third-order valence-electron chi connectivity index (χ3n) is 1.98. The van der Waals surface area contributed by atoms with Gasteiger partial charge in [-0.25, -0.2) is 9.37 Å². The predicted octanol–water partition coefficient (Wildman–Crippen LogP) is 2.31. The number of H-pyrrole nitrogens is 1. The number of aliphatic hydroxyl groups excluding tert-OH is 1. The molecule has 15 heavy (non-hydrogen) atoms. The quantitative estimate of drug-likeness (QED) is 0.835. The Hall–Kier alpha value is -0.950. The van der Waals surface area contributed by atoms with Gasteiger partial charge >= 0.3 is 0 Å². The highest BCUT2D eigenvalue weighted by atomic mass is 127. The van der Waals surface area contributed by atoms with Crippen LogP contribution in [0.4, 0.5) is 4.39 Å². The Bertz CT molecular complexity index is 484. The molecule has 2 rings (SSSR count). The van der Waals surface area contributed by atoms with Crippen molar-refractivity contribution in [2.75, 3.05) is 0 Å². The second kappa shape index (κ2) is 4.28. The van der Waals surface area contributed by atoms with E-state index in [4.69, 9.17) is 5.11 Å². The SMILES string of the molecule is OCc1cnc(-c2cc(I)ccc2F)[nH]1. The lowest BCUT2D eigenvalue weighted by molar-refractivity contribution is 0.277. The number of aliphatic hydroxyl groups is 1. The number of aromatic nitrogens is 2. The van der Waals surface area contributed by atoms with Crippen LogP contribution in [0.2, 0.25) is 0 Å². The van der Waals surface area contributed by atoms with Crippen LogP contribution >= 0.6 is 22.6 Å². The molecule has 3 nitrogen and oxygen atoms in total. The van der Waals surface area contributed by atoms with Gasteiger partial charge in [-0.15, -0.1) is 0 Å². The van der Waals surface area contributed by atoms with Gasteiger partial charge in [0.25, 0.3) is 0 Å². The van der Waals surface area contributed by atoms with E-state index in [0.717, 1.165) is 3.57 Å². The molecule has 0 saturated heterocycles. The van der Waals surface area contributed by atoms with Gasteiger partial charge in [0.2, 0.25) is 0 Å². The Morgan fingerprint density at radius 2 is 2.27 bits per heavy atom. The number of halogens is 2. The second-order valence-corrected chi connectivity index (χ2v) is 4.28. The van der Waals surface area contributed by atoms with Gasteiger partial charge in [0.1, 0.15) is 11.6 Å². The summed E-state index contributed by atoms with van der Waals surface area (Å²) in [6.45, 7) is -0.126. The second-order valence-electron chi connectivity index (χ2n) is 3.04. The van der Waals surface area contributed by atoms with Crippen LogP contribution < -0.4 is 0 Å². The monoisotopic (exact) mass is 318 g/mol. The van der Waals surface area contributed by atoms with Crippen molar-refractivity contribution >= 4 is 22.6 Å². The lowest BCUT2D eigenvalue weighted by Crippen LogP contribution is -1.88. The first-order valence-electron chi connectivity index (χ1n) is 4.31. The standard InChI is InChI=1S/C10H8FIN2O/c11-9-2-1-6(12)3-8(9)10-13-4-7(5-15)14-10/h1-4,15H,5H2,(H,13,14). The molecule has 2 N–H and O–H groups in total. The van der Waals surface area contributed by atoms with Gasteiger partial charge in [0.05, 0.1) is 24.1 Å². The average Bonchev–Trinajstić information content (AvgIpc) is 2.70. The van der Waals surface area contributed by atoms with Gasteiger partial charge in [-0.1, -0.05) is 0 Å². The van der Waals surface area contributed by atoms with Gasteiger partial charge in [-0.2, -0.15) is 0 Å². The summed E-state index contributed by atoms with van der Waals surface area (Å²) in [4.78, 5) is 6.84. The minimum atomic E-state index is -0.325. The molecule has 1 heterocycles. The fraction of sp³-hybridized carbons (Fsp3) is 0.100. The van der Waals surface area contributed by atoms with Crippen molar-refractivity contribution in [3.8, 4) is 11.4 Å². The molecule has 1 aromatic carbocycles. The molecule has 0 radical (unpaired) electrons. The molecular formula is C10H8FIN2O. The number of rotatable bonds is 2. The summed E-state index contributed by atoms with van der Waals surface area (Å²) >= 11 is 2.11. The first kappa shape index (κ1) is 10.6. The molecule has 2 aromatic rings. The van der Waals surface area contributed by atoms with Crippen molar-refractivity contribution in [1.82, 2.24) is 9.97 Å². The van der Waals surface area contributed by atoms with Crippen LogP contribution in [-0.4, -0.2) is 15.1 Å². The number of benzene rings is 1. The largest absolute Gasteiger partial charge is 0.390 e. The summed E-state index contributed by atoms with van der Waals surface area (Å²) in [6.07, 6.45) is 1.49. The number of hydrogen-bond donors (Lipinski definition) is 2. The molecular weight excluding hydrogens is 310 g/mol. The maximum atomic E-state index is 13.4. The molecule has 5 heteroatoms. The highest BCUT2D eigenvalue weighted by molar-refractivity contribution is 14.1. The van der Waals surface area contributed by atoms with E-state index in [1.807, 2.05) is 0 Å². The van der Waals surface area contributed by atoms with Crippen LogP contribution in [0.3, 0.4) is 0 Å². The van der Waals surface area contributed by atoms with E-state index in [1.165, 1.54) is 12.3 Å². The fourth-order valence-corrected chi connectivity index (χ4v) is 1.75. The molecule has 0 bridgehead atoms. The molecule has 0 unspecified atom stereocenters. The number of aromatic amines is 1. The highest BCUT2D eigenvalue weighted by Crippen LogP contribution is 2.22. The first-order chi connectivity index (χ1) is 7.20. The van der Waals surface area contributed by atoms with Crippen molar-refractivity contribution in [2.24, 2.45) is 0 Å². The molecule has 0 atom stereocenters. The van der Waals surface area contributed by atoms with E-state index >= 15 is 0 Å². The third kappa shape index (κ3) is 2.18. The number of nitrogens with one attached hydrogen (secondary N) is 1. The third-order valence-corrected chi connectivity index (χ3v) is 2.65. The van der Waals surface area contributed by atoms with Crippen LogP contribution in [-0.2, 0) is 6.61 Å². The Labute approximate surface area is 99.5 Å². The Kier molecular flexibility index (Phi) is 3.01. The molecule has 0 aliphatic heterocycles. The Balaban J connectivity index is 2.48. The number of nitrogens with zero attached hydrogens (tertiary/aromatic N) is 1. The van der Waals surface area contributed by atoms with Crippen LogP contribution in [0, 0.1) is 9.39 Å². The topological polar surface area (TPSA) is 48.9 Å².